The Morgan fingerprint density at radius 2 is 1.78 bits per heavy atom. The highest BCUT2D eigenvalue weighted by molar-refractivity contribution is 6.02. The van der Waals surface area contributed by atoms with Crippen LogP contribution in [0.4, 0.5) is 35.9 Å². The number of fused-ring (bicyclic) bond motifs is 1. The molecule has 36 heavy (non-hydrogen) atoms. The number of hydrogen-bond donors (Lipinski definition) is 4. The number of pyridine rings is 1. The number of nitrogens with two attached hydrogens (primary N) is 1. The van der Waals surface area contributed by atoms with Crippen LogP contribution in [0.25, 0.3) is 10.8 Å². The number of aromatic nitrogens is 1. The highest BCUT2D eigenvalue weighted by Gasteiger charge is 2.30. The van der Waals surface area contributed by atoms with E-state index in [9.17, 15) is 22.8 Å². The monoisotopic (exact) mass is 493 g/mol. The molecule has 1 amide bonds. The van der Waals surface area contributed by atoms with E-state index in [1.807, 2.05) is 0 Å². The lowest BCUT2D eigenvalue weighted by Gasteiger charge is -2.14. The van der Waals surface area contributed by atoms with Crippen molar-refractivity contribution in [2.45, 2.75) is 19.6 Å². The zero-order chi connectivity index (χ0) is 26.0. The molecule has 0 bridgehead atoms. The molecule has 0 saturated heterocycles. The maximum atomic E-state index is 13.3. The molecule has 10 heteroatoms. The number of carbonyl (C=O) groups is 1. The molecule has 5 N–H and O–H groups in total. The first-order valence-corrected chi connectivity index (χ1v) is 10.8. The molecule has 4 rings (SSSR count). The number of hydrogen-bond acceptors (Lipinski definition) is 5. The van der Waals surface area contributed by atoms with Crippen LogP contribution in [0.3, 0.4) is 0 Å². The molecule has 1 heterocycles. The number of rotatable bonds is 6. The van der Waals surface area contributed by atoms with Crippen LogP contribution in [0.5, 0.6) is 0 Å². The van der Waals surface area contributed by atoms with Gasteiger partial charge in [0.15, 0.2) is 0 Å². The van der Waals surface area contributed by atoms with Gasteiger partial charge in [-0.15, -0.1) is 0 Å². The zero-order valence-electron chi connectivity index (χ0n) is 19.1. The van der Waals surface area contributed by atoms with Crippen molar-refractivity contribution < 1.29 is 18.0 Å². The molecule has 0 atom stereocenters. The molecule has 0 aliphatic heterocycles. The predicted molar refractivity (Wildman–Crippen MR) is 135 cm³/mol. The van der Waals surface area contributed by atoms with Crippen LogP contribution >= 0.6 is 0 Å². The molecular formula is C26H22F3N5O2. The summed E-state index contributed by atoms with van der Waals surface area (Å²) in [5.41, 5.74) is 7.13. The lowest BCUT2D eigenvalue weighted by Crippen LogP contribution is -2.27. The number of nitrogens with zero attached hydrogens (tertiary/aromatic N) is 1. The van der Waals surface area contributed by atoms with E-state index in [4.69, 9.17) is 11.1 Å². The SMILES string of the molecule is CC(=N)c1ccc(Nc2cccc3ccn(CC(=O)Nc4cccc(C(F)(F)F)c4)c(=O)c23)cc1N. The van der Waals surface area contributed by atoms with Crippen LogP contribution in [0, 0.1) is 5.41 Å². The summed E-state index contributed by atoms with van der Waals surface area (Å²) in [5, 5.41) is 14.3. The van der Waals surface area contributed by atoms with Gasteiger partial charge in [-0.1, -0.05) is 18.2 Å². The molecule has 7 nitrogen and oxygen atoms in total. The van der Waals surface area contributed by atoms with Gasteiger partial charge in [0.2, 0.25) is 5.91 Å². The average molecular weight is 493 g/mol. The largest absolute Gasteiger partial charge is 0.416 e. The molecule has 0 spiro atoms. The highest BCUT2D eigenvalue weighted by Crippen LogP contribution is 2.31. The molecule has 1 aromatic heterocycles. The molecule has 0 radical (unpaired) electrons. The van der Waals surface area contributed by atoms with Crippen LogP contribution in [-0.2, 0) is 17.5 Å². The van der Waals surface area contributed by atoms with E-state index in [1.54, 1.807) is 49.4 Å². The van der Waals surface area contributed by atoms with Crippen molar-refractivity contribution in [3.63, 3.8) is 0 Å². The smallest absolute Gasteiger partial charge is 0.398 e. The highest BCUT2D eigenvalue weighted by atomic mass is 19.4. The van der Waals surface area contributed by atoms with Crippen molar-refractivity contribution in [2.24, 2.45) is 0 Å². The number of benzene rings is 3. The standard InChI is InChI=1S/C26H22F3N5O2/c1-15(30)20-9-8-19(13-21(20)31)32-22-7-2-4-16-10-11-34(25(36)24(16)22)14-23(35)33-18-6-3-5-17(12-18)26(27,28)29/h2-13,30,32H,14,31H2,1H3,(H,33,35). The Bertz CT molecular complexity index is 1540. The van der Waals surface area contributed by atoms with Gasteiger partial charge >= 0.3 is 6.18 Å². The van der Waals surface area contributed by atoms with Crippen LogP contribution < -0.4 is 21.9 Å². The maximum absolute atomic E-state index is 13.3. The molecule has 4 aromatic rings. The number of amides is 1. The first-order chi connectivity index (χ1) is 17.0. The van der Waals surface area contributed by atoms with Crippen molar-refractivity contribution in [3.8, 4) is 0 Å². The average Bonchev–Trinajstić information content (AvgIpc) is 2.80. The second-order valence-electron chi connectivity index (χ2n) is 8.20. The summed E-state index contributed by atoms with van der Waals surface area (Å²) in [5.74, 6) is -0.647. The molecule has 0 aliphatic carbocycles. The van der Waals surface area contributed by atoms with Gasteiger partial charge in [0, 0.05) is 34.5 Å². The summed E-state index contributed by atoms with van der Waals surface area (Å²) in [6, 6.07) is 16.3. The minimum absolute atomic E-state index is 0.0211. The maximum Gasteiger partial charge on any atom is 0.416 e. The number of nitrogen functional groups attached to an aromatic ring is 1. The van der Waals surface area contributed by atoms with Crippen molar-refractivity contribution in [1.82, 2.24) is 4.57 Å². The lowest BCUT2D eigenvalue weighted by molar-refractivity contribution is -0.137. The van der Waals surface area contributed by atoms with Crippen LogP contribution in [-0.4, -0.2) is 16.2 Å². The topological polar surface area (TPSA) is 113 Å². The number of carbonyl (C=O) groups excluding carboxylic acids is 1. The normalized spacial score (nSPS) is 11.3. The second-order valence-corrected chi connectivity index (χ2v) is 8.20. The molecule has 184 valence electrons. The van der Waals surface area contributed by atoms with E-state index >= 15 is 0 Å². The van der Waals surface area contributed by atoms with Crippen molar-refractivity contribution in [3.05, 3.63) is 94.4 Å². The van der Waals surface area contributed by atoms with Crippen LogP contribution in [0.15, 0.2) is 77.7 Å². The molecular weight excluding hydrogens is 471 g/mol. The minimum Gasteiger partial charge on any atom is -0.398 e. The second kappa shape index (κ2) is 9.57. The third kappa shape index (κ3) is 5.22. The summed E-state index contributed by atoms with van der Waals surface area (Å²) >= 11 is 0. The van der Waals surface area contributed by atoms with Crippen molar-refractivity contribution in [2.75, 3.05) is 16.4 Å². The molecule has 0 aliphatic rings. The van der Waals surface area contributed by atoms with E-state index < -0.39 is 23.2 Å². The molecule has 0 fully saturated rings. The van der Waals surface area contributed by atoms with E-state index in [1.165, 1.54) is 22.9 Å². The minimum atomic E-state index is -4.54. The van der Waals surface area contributed by atoms with E-state index in [0.717, 1.165) is 12.1 Å². The van der Waals surface area contributed by atoms with Crippen LogP contribution in [0.1, 0.15) is 18.1 Å². The fourth-order valence-corrected chi connectivity index (χ4v) is 3.82. The third-order valence-corrected chi connectivity index (χ3v) is 5.53. The first-order valence-electron chi connectivity index (χ1n) is 10.8. The zero-order valence-corrected chi connectivity index (χ0v) is 19.1. The Morgan fingerprint density at radius 3 is 2.47 bits per heavy atom. The van der Waals surface area contributed by atoms with Gasteiger partial charge in [-0.3, -0.25) is 9.59 Å². The van der Waals surface area contributed by atoms with E-state index in [-0.39, 0.29) is 12.2 Å². The Kier molecular flexibility index (Phi) is 6.52. The summed E-state index contributed by atoms with van der Waals surface area (Å²) in [7, 11) is 0. The Morgan fingerprint density at radius 1 is 1.03 bits per heavy atom. The lowest BCUT2D eigenvalue weighted by atomic mass is 10.1. The fourth-order valence-electron chi connectivity index (χ4n) is 3.82. The van der Waals surface area contributed by atoms with Gasteiger partial charge in [0.1, 0.15) is 6.54 Å². The van der Waals surface area contributed by atoms with Gasteiger partial charge in [0.05, 0.1) is 16.6 Å². The van der Waals surface area contributed by atoms with Gasteiger partial charge in [0.25, 0.3) is 5.56 Å². The summed E-state index contributed by atoms with van der Waals surface area (Å²) in [6.07, 6.45) is -3.08. The Labute approximate surface area is 203 Å². The van der Waals surface area contributed by atoms with Crippen molar-refractivity contribution in [1.29, 1.82) is 5.41 Å². The van der Waals surface area contributed by atoms with E-state index in [0.29, 0.717) is 39.1 Å². The number of nitrogens with one attached hydrogen (secondary N) is 3. The van der Waals surface area contributed by atoms with Crippen molar-refractivity contribution >= 4 is 45.1 Å². The number of alkyl halides is 3. The van der Waals surface area contributed by atoms with Gasteiger partial charge in [-0.25, -0.2) is 0 Å². The molecule has 0 saturated carbocycles. The molecule has 3 aromatic carbocycles. The summed E-state index contributed by atoms with van der Waals surface area (Å²) in [4.78, 5) is 25.8. The van der Waals surface area contributed by atoms with Gasteiger partial charge in [-0.2, -0.15) is 13.2 Å². The van der Waals surface area contributed by atoms with Crippen LogP contribution in [0.2, 0.25) is 0 Å². The summed E-state index contributed by atoms with van der Waals surface area (Å²) in [6.45, 7) is 1.24. The van der Waals surface area contributed by atoms with Gasteiger partial charge in [-0.05, 0) is 60.8 Å². The van der Waals surface area contributed by atoms with Gasteiger partial charge < -0.3 is 26.3 Å². The third-order valence-electron chi connectivity index (χ3n) is 5.53. The fraction of sp³-hybridized carbons (Fsp3) is 0.115. The number of anilines is 4. The quantitative estimate of drug-likeness (QED) is 0.214. The number of halogens is 3. The first kappa shape index (κ1) is 24.5. The van der Waals surface area contributed by atoms with E-state index in [2.05, 4.69) is 10.6 Å². The predicted octanol–water partition coefficient (Wildman–Crippen LogP) is 5.37. The Hall–Kier alpha value is -4.60. The Balaban J connectivity index is 1.61. The molecule has 0 unspecified atom stereocenters. The summed E-state index contributed by atoms with van der Waals surface area (Å²) < 4.78 is 40.0.